The summed E-state index contributed by atoms with van der Waals surface area (Å²) < 4.78 is 21.3. The van der Waals surface area contributed by atoms with Gasteiger partial charge in [0.1, 0.15) is 58.7 Å². The molecular formula is C23H15Na2O11+. The number of aliphatic hydroxyl groups is 1. The third kappa shape index (κ3) is 6.37. The first-order chi connectivity index (χ1) is 16.2. The summed E-state index contributed by atoms with van der Waals surface area (Å²) in [5.74, 6) is -4.05. The van der Waals surface area contributed by atoms with Crippen LogP contribution in [-0.2, 0) is 0 Å². The number of hydrogen-bond acceptors (Lipinski definition) is 10. The molecule has 1 unspecified atom stereocenters. The largest absolute Gasteiger partial charge is 1.00 e. The number of carboxylic acids is 2. The molecule has 174 valence electrons. The van der Waals surface area contributed by atoms with Crippen LogP contribution in [0, 0.1) is 0 Å². The first-order valence-corrected chi connectivity index (χ1v) is 9.76. The minimum absolute atomic E-state index is 0. The zero-order valence-corrected chi connectivity index (χ0v) is 23.2. The summed E-state index contributed by atoms with van der Waals surface area (Å²) in [6.45, 7) is -0.628. The molecule has 13 heteroatoms. The monoisotopic (exact) mass is 513 g/mol. The van der Waals surface area contributed by atoms with Gasteiger partial charge in [0, 0.05) is 12.1 Å². The Bertz CT molecular complexity index is 1430. The van der Waals surface area contributed by atoms with Crippen molar-refractivity contribution in [3.63, 3.8) is 0 Å². The average Bonchev–Trinajstić information content (AvgIpc) is 2.80. The van der Waals surface area contributed by atoms with Crippen molar-refractivity contribution >= 4 is 33.9 Å². The van der Waals surface area contributed by atoms with Crippen LogP contribution >= 0.6 is 0 Å². The molecule has 2 aromatic heterocycles. The molecule has 4 rings (SSSR count). The Morgan fingerprint density at radius 1 is 0.833 bits per heavy atom. The molecule has 0 aliphatic rings. The summed E-state index contributed by atoms with van der Waals surface area (Å²) in [5.41, 5.74) is -1.31. The van der Waals surface area contributed by atoms with E-state index in [9.17, 15) is 29.4 Å². The fraction of sp³-hybridized carbons (Fsp3) is 0.130. The third-order valence-electron chi connectivity index (χ3n) is 4.71. The van der Waals surface area contributed by atoms with Crippen molar-refractivity contribution in [3.8, 4) is 11.5 Å². The second-order valence-corrected chi connectivity index (χ2v) is 7.08. The second-order valence-electron chi connectivity index (χ2n) is 7.08. The average molecular weight is 513 g/mol. The van der Waals surface area contributed by atoms with Crippen LogP contribution in [0.15, 0.2) is 67.0 Å². The number of aliphatic hydroxyl groups excluding tert-OH is 1. The van der Waals surface area contributed by atoms with E-state index in [1.54, 1.807) is 0 Å². The molecule has 2 heterocycles. The predicted molar refractivity (Wildman–Crippen MR) is 113 cm³/mol. The van der Waals surface area contributed by atoms with Crippen LogP contribution in [0.4, 0.5) is 0 Å². The van der Waals surface area contributed by atoms with Gasteiger partial charge in [0.05, 0.1) is 0 Å². The Kier molecular flexibility index (Phi) is 10.3. The van der Waals surface area contributed by atoms with E-state index in [1.165, 1.54) is 36.4 Å². The maximum atomic E-state index is 12.3. The van der Waals surface area contributed by atoms with Crippen LogP contribution in [0.2, 0.25) is 0 Å². The Morgan fingerprint density at radius 2 is 1.28 bits per heavy atom. The Balaban J connectivity index is 0.00000228. The number of fused-ring (bicyclic) bond motifs is 2. The topological polar surface area (TPSA) is 177 Å². The maximum absolute atomic E-state index is 12.3. The number of carboxylic acid groups (broad SMARTS) is 2. The summed E-state index contributed by atoms with van der Waals surface area (Å²) >= 11 is 0. The second kappa shape index (κ2) is 12.5. The molecule has 0 aliphatic heterocycles. The number of rotatable bonds is 8. The molecule has 0 aliphatic carbocycles. The molecule has 0 radical (unpaired) electrons. The molecule has 0 saturated carbocycles. The minimum Gasteiger partial charge on any atom is -0.542 e. The Hall–Kier alpha value is -2.64. The summed E-state index contributed by atoms with van der Waals surface area (Å²) in [6, 6.07) is 10.3. The maximum Gasteiger partial charge on any atom is 1.00 e. The molecular weight excluding hydrogens is 498 g/mol. The van der Waals surface area contributed by atoms with Gasteiger partial charge in [-0.1, -0.05) is 12.1 Å². The van der Waals surface area contributed by atoms with Crippen LogP contribution in [0.25, 0.3) is 21.9 Å². The molecule has 0 bridgehead atoms. The van der Waals surface area contributed by atoms with E-state index >= 15 is 0 Å². The van der Waals surface area contributed by atoms with E-state index < -0.39 is 40.4 Å². The Morgan fingerprint density at radius 3 is 1.72 bits per heavy atom. The number of aromatic carboxylic acids is 2. The van der Waals surface area contributed by atoms with Crippen LogP contribution in [0.1, 0.15) is 21.1 Å². The predicted octanol–water partition coefficient (Wildman–Crippen LogP) is -5.21. The molecule has 0 saturated heterocycles. The van der Waals surface area contributed by atoms with Crippen molar-refractivity contribution in [3.05, 3.63) is 80.5 Å². The standard InChI is InChI=1S/C23H16O11.2Na/c24-11(9-31-14-3-1-5-16-20(14)12(25)7-18(33-16)22(27)28)10-32-15-4-2-6-17-21(15)13(26)8-19(34-17)23(29)30;;/h1-8,11,24H,9-10H2,(H,27,28)(H,29,30);;/q;2*+1/p-1. The number of hydrogen-bond donors (Lipinski definition) is 2. The van der Waals surface area contributed by atoms with Crippen molar-refractivity contribution in [2.24, 2.45) is 0 Å². The van der Waals surface area contributed by atoms with Gasteiger partial charge in [-0.2, -0.15) is 0 Å². The SMILES string of the molecule is O=C([O-])c1cc(=O)c2c(OCC(O)COc3cccc4oc(C(=O)O)cc(=O)c34)cccc2o1.[Na+].[Na+]. The summed E-state index contributed by atoms with van der Waals surface area (Å²) in [4.78, 5) is 46.7. The number of carbonyl (C=O) groups is 2. The first kappa shape index (κ1) is 29.6. The van der Waals surface area contributed by atoms with Gasteiger partial charge in [-0.3, -0.25) is 9.59 Å². The van der Waals surface area contributed by atoms with E-state index in [4.69, 9.17) is 23.4 Å². The van der Waals surface area contributed by atoms with Crippen molar-refractivity contribution in [2.75, 3.05) is 13.2 Å². The number of carbonyl (C=O) groups excluding carboxylic acids is 1. The third-order valence-corrected chi connectivity index (χ3v) is 4.71. The van der Waals surface area contributed by atoms with Crippen LogP contribution in [0.5, 0.6) is 11.5 Å². The minimum atomic E-state index is -1.64. The van der Waals surface area contributed by atoms with Gasteiger partial charge in [0.2, 0.25) is 5.76 Å². The van der Waals surface area contributed by atoms with Crippen molar-refractivity contribution < 1.29 is 102 Å². The molecule has 2 N–H and O–H groups in total. The fourth-order valence-corrected chi connectivity index (χ4v) is 3.22. The van der Waals surface area contributed by atoms with E-state index in [2.05, 4.69) is 0 Å². The van der Waals surface area contributed by atoms with Crippen LogP contribution < -0.4 is 84.6 Å². The van der Waals surface area contributed by atoms with E-state index in [0.29, 0.717) is 0 Å². The Labute approximate surface area is 245 Å². The van der Waals surface area contributed by atoms with Gasteiger partial charge in [-0.15, -0.1) is 0 Å². The normalized spacial score (nSPS) is 11.2. The van der Waals surface area contributed by atoms with Crippen molar-refractivity contribution in [1.29, 1.82) is 0 Å². The fourth-order valence-electron chi connectivity index (χ4n) is 3.22. The molecule has 0 fully saturated rings. The van der Waals surface area contributed by atoms with Crippen LogP contribution in [0.3, 0.4) is 0 Å². The quantitative estimate of drug-likeness (QED) is 0.215. The van der Waals surface area contributed by atoms with Gasteiger partial charge in [0.15, 0.2) is 16.6 Å². The number of benzene rings is 2. The molecule has 11 nitrogen and oxygen atoms in total. The molecule has 1 atom stereocenters. The zero-order valence-electron chi connectivity index (χ0n) is 19.2. The molecule has 2 aromatic carbocycles. The van der Waals surface area contributed by atoms with Gasteiger partial charge in [-0.25, -0.2) is 4.79 Å². The van der Waals surface area contributed by atoms with Crippen molar-refractivity contribution in [1.82, 2.24) is 0 Å². The summed E-state index contributed by atoms with van der Waals surface area (Å²) in [5, 5.41) is 30.3. The van der Waals surface area contributed by atoms with E-state index in [1.807, 2.05) is 0 Å². The molecule has 0 amide bonds. The molecule has 0 spiro atoms. The summed E-state index contributed by atoms with van der Waals surface area (Å²) in [6.07, 6.45) is -1.20. The van der Waals surface area contributed by atoms with E-state index in [-0.39, 0.29) is 106 Å². The summed E-state index contributed by atoms with van der Waals surface area (Å²) in [7, 11) is 0. The number of ether oxygens (including phenoxy) is 2. The molecule has 4 aromatic rings. The van der Waals surface area contributed by atoms with Crippen molar-refractivity contribution in [2.45, 2.75) is 6.10 Å². The van der Waals surface area contributed by atoms with Gasteiger partial charge >= 0.3 is 65.1 Å². The van der Waals surface area contributed by atoms with Gasteiger partial charge < -0.3 is 38.4 Å². The zero-order chi connectivity index (χ0) is 24.4. The van der Waals surface area contributed by atoms with Crippen LogP contribution in [-0.4, -0.2) is 41.5 Å². The van der Waals surface area contributed by atoms with E-state index in [0.717, 1.165) is 12.1 Å². The smallest absolute Gasteiger partial charge is 0.542 e. The first-order valence-electron chi connectivity index (χ1n) is 9.76. The van der Waals surface area contributed by atoms with Gasteiger partial charge in [0.25, 0.3) is 0 Å². The van der Waals surface area contributed by atoms with Gasteiger partial charge in [-0.05, 0) is 24.3 Å². The molecule has 36 heavy (non-hydrogen) atoms.